The molecule has 0 heterocycles. The van der Waals surface area contributed by atoms with E-state index in [1.807, 2.05) is 13.1 Å². The fourth-order valence-electron chi connectivity index (χ4n) is 1.51. The summed E-state index contributed by atoms with van der Waals surface area (Å²) < 4.78 is 0. The average Bonchev–Trinajstić information content (AvgIpc) is 2.26. The van der Waals surface area contributed by atoms with Crippen LogP contribution in [0.1, 0.15) is 18.9 Å². The predicted octanol–water partition coefficient (Wildman–Crippen LogP) is 1.53. The Balaban J connectivity index is 2.56. The van der Waals surface area contributed by atoms with Crippen molar-refractivity contribution >= 4 is 5.69 Å². The molecule has 0 saturated carbocycles. The molecule has 3 heteroatoms. The molecule has 1 unspecified atom stereocenters. The topological polar surface area (TPSA) is 49.5 Å². The minimum Gasteiger partial charge on any atom is -0.389 e. The van der Waals surface area contributed by atoms with Crippen molar-refractivity contribution in [2.45, 2.75) is 25.9 Å². The Morgan fingerprint density at radius 2 is 2.12 bits per heavy atom. The second-order valence-corrected chi connectivity index (χ2v) is 4.71. The number of aliphatic hydroxyl groups is 1. The molecule has 0 fully saturated rings. The van der Waals surface area contributed by atoms with Crippen molar-refractivity contribution in [2.75, 3.05) is 25.0 Å². The van der Waals surface area contributed by atoms with Crippen LogP contribution in [0.3, 0.4) is 0 Å². The van der Waals surface area contributed by atoms with Crippen LogP contribution in [-0.4, -0.2) is 30.8 Å². The van der Waals surface area contributed by atoms with Gasteiger partial charge in [-0.15, -0.1) is 0 Å². The maximum atomic E-state index is 9.82. The van der Waals surface area contributed by atoms with E-state index in [9.17, 15) is 5.11 Å². The zero-order valence-electron chi connectivity index (χ0n) is 10.4. The van der Waals surface area contributed by atoms with Crippen molar-refractivity contribution in [2.24, 2.45) is 5.73 Å². The summed E-state index contributed by atoms with van der Waals surface area (Å²) in [6.45, 7) is 4.95. The Morgan fingerprint density at radius 1 is 1.44 bits per heavy atom. The van der Waals surface area contributed by atoms with E-state index in [0.717, 1.165) is 6.54 Å². The number of hydrogen-bond donors (Lipinski definition) is 2. The minimum atomic E-state index is -0.766. The lowest BCUT2D eigenvalue weighted by Crippen LogP contribution is -2.37. The van der Waals surface area contributed by atoms with Crippen LogP contribution in [0.25, 0.3) is 0 Å². The average molecular weight is 222 g/mol. The van der Waals surface area contributed by atoms with Crippen LogP contribution in [0.15, 0.2) is 24.3 Å². The summed E-state index contributed by atoms with van der Waals surface area (Å²) in [5, 5.41) is 9.82. The third-order valence-corrected chi connectivity index (χ3v) is 2.87. The first-order chi connectivity index (χ1) is 7.44. The van der Waals surface area contributed by atoms with E-state index in [-0.39, 0.29) is 0 Å². The maximum Gasteiger partial charge on any atom is 0.0758 e. The van der Waals surface area contributed by atoms with E-state index in [0.29, 0.717) is 13.0 Å². The SMILES string of the molecule is Cc1cccc(N(C)CCC(C)(O)CN)c1. The first-order valence-corrected chi connectivity index (χ1v) is 5.65. The van der Waals surface area contributed by atoms with Crippen LogP contribution in [0, 0.1) is 6.92 Å². The molecule has 16 heavy (non-hydrogen) atoms. The van der Waals surface area contributed by atoms with Gasteiger partial charge in [-0.25, -0.2) is 0 Å². The van der Waals surface area contributed by atoms with Gasteiger partial charge in [0, 0.05) is 25.8 Å². The van der Waals surface area contributed by atoms with Crippen LogP contribution in [-0.2, 0) is 0 Å². The smallest absolute Gasteiger partial charge is 0.0758 e. The molecule has 1 aromatic rings. The van der Waals surface area contributed by atoms with Gasteiger partial charge in [-0.3, -0.25) is 0 Å². The summed E-state index contributed by atoms with van der Waals surface area (Å²) in [4.78, 5) is 2.14. The van der Waals surface area contributed by atoms with Gasteiger partial charge in [-0.2, -0.15) is 0 Å². The number of anilines is 1. The van der Waals surface area contributed by atoms with Crippen molar-refractivity contribution in [3.05, 3.63) is 29.8 Å². The molecule has 0 amide bonds. The molecule has 1 aromatic carbocycles. The maximum absolute atomic E-state index is 9.82. The first-order valence-electron chi connectivity index (χ1n) is 5.65. The summed E-state index contributed by atoms with van der Waals surface area (Å²) in [7, 11) is 2.03. The quantitative estimate of drug-likeness (QED) is 0.794. The highest BCUT2D eigenvalue weighted by atomic mass is 16.3. The van der Waals surface area contributed by atoms with Gasteiger partial charge in [0.25, 0.3) is 0 Å². The Bertz CT molecular complexity index is 336. The van der Waals surface area contributed by atoms with E-state index in [1.54, 1.807) is 6.92 Å². The summed E-state index contributed by atoms with van der Waals surface area (Å²) >= 11 is 0. The Labute approximate surface area is 97.9 Å². The zero-order valence-corrected chi connectivity index (χ0v) is 10.4. The summed E-state index contributed by atoms with van der Waals surface area (Å²) in [5.74, 6) is 0. The second kappa shape index (κ2) is 5.32. The largest absolute Gasteiger partial charge is 0.389 e. The molecule has 1 atom stereocenters. The van der Waals surface area contributed by atoms with Crippen molar-refractivity contribution in [1.82, 2.24) is 0 Å². The first kappa shape index (κ1) is 13.0. The number of hydrogen-bond acceptors (Lipinski definition) is 3. The van der Waals surface area contributed by atoms with E-state index in [4.69, 9.17) is 5.73 Å². The molecular weight excluding hydrogens is 200 g/mol. The van der Waals surface area contributed by atoms with Crippen molar-refractivity contribution in [3.63, 3.8) is 0 Å². The van der Waals surface area contributed by atoms with Crippen molar-refractivity contribution in [3.8, 4) is 0 Å². The Morgan fingerprint density at radius 3 is 2.69 bits per heavy atom. The van der Waals surface area contributed by atoms with Gasteiger partial charge in [0.05, 0.1) is 5.60 Å². The molecule has 0 radical (unpaired) electrons. The lowest BCUT2D eigenvalue weighted by molar-refractivity contribution is 0.0623. The van der Waals surface area contributed by atoms with Gasteiger partial charge in [0.1, 0.15) is 0 Å². The number of nitrogens with zero attached hydrogens (tertiary/aromatic N) is 1. The van der Waals surface area contributed by atoms with Crippen LogP contribution >= 0.6 is 0 Å². The summed E-state index contributed by atoms with van der Waals surface area (Å²) in [6.07, 6.45) is 0.675. The predicted molar refractivity (Wildman–Crippen MR) is 68.7 cm³/mol. The lowest BCUT2D eigenvalue weighted by atomic mass is 10.0. The van der Waals surface area contributed by atoms with Gasteiger partial charge in [-0.1, -0.05) is 12.1 Å². The van der Waals surface area contributed by atoms with Gasteiger partial charge >= 0.3 is 0 Å². The van der Waals surface area contributed by atoms with Gasteiger partial charge in [0.2, 0.25) is 0 Å². The van der Waals surface area contributed by atoms with Crippen LogP contribution < -0.4 is 10.6 Å². The Kier molecular flexibility index (Phi) is 4.33. The second-order valence-electron chi connectivity index (χ2n) is 4.71. The van der Waals surface area contributed by atoms with Gasteiger partial charge < -0.3 is 15.7 Å². The molecule has 1 rings (SSSR count). The molecule has 0 aliphatic carbocycles. The molecule has 0 aliphatic rings. The van der Waals surface area contributed by atoms with Crippen molar-refractivity contribution in [1.29, 1.82) is 0 Å². The molecular formula is C13H22N2O. The van der Waals surface area contributed by atoms with E-state index in [1.165, 1.54) is 11.3 Å². The fourth-order valence-corrected chi connectivity index (χ4v) is 1.51. The lowest BCUT2D eigenvalue weighted by Gasteiger charge is -2.26. The monoisotopic (exact) mass is 222 g/mol. The number of aryl methyl sites for hydroxylation is 1. The summed E-state index contributed by atoms with van der Waals surface area (Å²) in [5.41, 5.74) is 7.14. The van der Waals surface area contributed by atoms with Crippen LogP contribution in [0.4, 0.5) is 5.69 Å². The number of benzene rings is 1. The molecule has 0 bridgehead atoms. The highest BCUT2D eigenvalue weighted by Gasteiger charge is 2.18. The molecule has 3 N–H and O–H groups in total. The standard InChI is InChI=1S/C13H22N2O/c1-11-5-4-6-12(9-11)15(3)8-7-13(2,16)10-14/h4-6,9,16H,7-8,10,14H2,1-3H3. The van der Waals surface area contributed by atoms with E-state index in [2.05, 4.69) is 30.0 Å². The molecule has 0 aliphatic heterocycles. The van der Waals surface area contributed by atoms with Crippen LogP contribution in [0.2, 0.25) is 0 Å². The molecule has 3 nitrogen and oxygen atoms in total. The van der Waals surface area contributed by atoms with Crippen LogP contribution in [0.5, 0.6) is 0 Å². The summed E-state index contributed by atoms with van der Waals surface area (Å²) in [6, 6.07) is 8.33. The van der Waals surface area contributed by atoms with E-state index >= 15 is 0 Å². The third-order valence-electron chi connectivity index (χ3n) is 2.87. The molecule has 90 valence electrons. The Hall–Kier alpha value is -1.06. The number of nitrogens with two attached hydrogens (primary N) is 1. The normalized spacial score (nSPS) is 14.6. The highest BCUT2D eigenvalue weighted by Crippen LogP contribution is 2.16. The third kappa shape index (κ3) is 3.83. The van der Waals surface area contributed by atoms with Crippen molar-refractivity contribution < 1.29 is 5.11 Å². The van der Waals surface area contributed by atoms with Gasteiger partial charge in [-0.05, 0) is 38.0 Å². The highest BCUT2D eigenvalue weighted by molar-refractivity contribution is 5.47. The fraction of sp³-hybridized carbons (Fsp3) is 0.538. The van der Waals surface area contributed by atoms with Gasteiger partial charge in [0.15, 0.2) is 0 Å². The molecule has 0 spiro atoms. The van der Waals surface area contributed by atoms with E-state index < -0.39 is 5.60 Å². The molecule has 0 saturated heterocycles. The minimum absolute atomic E-state index is 0.300. The molecule has 0 aromatic heterocycles. The zero-order chi connectivity index (χ0) is 12.2. The number of rotatable bonds is 5.